The number of carbonyl (C=O) groups excluding carboxylic acids is 3. The van der Waals surface area contributed by atoms with Crippen molar-refractivity contribution in [3.63, 3.8) is 0 Å². The van der Waals surface area contributed by atoms with Crippen LogP contribution in [0.15, 0.2) is 66.7 Å². The molecular formula is C32H32F3N3O5. The van der Waals surface area contributed by atoms with Gasteiger partial charge >= 0.3 is 6.18 Å². The zero-order valence-corrected chi connectivity index (χ0v) is 23.8. The summed E-state index contributed by atoms with van der Waals surface area (Å²) in [7, 11) is 1.50. The fourth-order valence-corrected chi connectivity index (χ4v) is 5.72. The van der Waals surface area contributed by atoms with Gasteiger partial charge in [0, 0.05) is 44.2 Å². The van der Waals surface area contributed by atoms with E-state index in [1.165, 1.54) is 26.2 Å². The van der Waals surface area contributed by atoms with Gasteiger partial charge in [-0.25, -0.2) is 0 Å². The van der Waals surface area contributed by atoms with E-state index in [4.69, 9.17) is 9.47 Å². The van der Waals surface area contributed by atoms with Crippen molar-refractivity contribution >= 4 is 23.4 Å². The third-order valence-corrected chi connectivity index (χ3v) is 7.97. The van der Waals surface area contributed by atoms with Gasteiger partial charge in [0.15, 0.2) is 0 Å². The molecule has 5 rings (SSSR count). The number of halogens is 3. The smallest absolute Gasteiger partial charge is 0.416 e. The fourth-order valence-electron chi connectivity index (χ4n) is 5.72. The second-order valence-electron chi connectivity index (χ2n) is 10.8. The molecule has 3 amide bonds. The topological polar surface area (TPSA) is 88.2 Å². The predicted octanol–water partition coefficient (Wildman–Crippen LogP) is 6.09. The largest absolute Gasteiger partial charge is 0.495 e. The van der Waals surface area contributed by atoms with Crippen LogP contribution >= 0.6 is 0 Å². The number of anilines is 1. The Morgan fingerprint density at radius 2 is 1.33 bits per heavy atom. The predicted molar refractivity (Wildman–Crippen MR) is 153 cm³/mol. The van der Waals surface area contributed by atoms with Crippen LogP contribution in [0.4, 0.5) is 18.9 Å². The first-order valence-electron chi connectivity index (χ1n) is 14.0. The maximum Gasteiger partial charge on any atom is 0.416 e. The van der Waals surface area contributed by atoms with Crippen molar-refractivity contribution in [2.24, 2.45) is 11.8 Å². The number of hydrogen-bond donors (Lipinski definition) is 1. The van der Waals surface area contributed by atoms with Gasteiger partial charge in [0.05, 0.1) is 18.4 Å². The summed E-state index contributed by atoms with van der Waals surface area (Å²) in [5, 5.41) is 2.70. The highest BCUT2D eigenvalue weighted by Crippen LogP contribution is 2.35. The number of amides is 3. The third kappa shape index (κ3) is 6.93. The van der Waals surface area contributed by atoms with Gasteiger partial charge in [-0.05, 0) is 91.4 Å². The van der Waals surface area contributed by atoms with Crippen LogP contribution in [0.2, 0.25) is 0 Å². The summed E-state index contributed by atoms with van der Waals surface area (Å²) in [6.45, 7) is 3.74. The molecule has 2 heterocycles. The minimum atomic E-state index is -4.42. The zero-order chi connectivity index (χ0) is 30.7. The number of rotatable bonds is 6. The number of nitrogens with one attached hydrogen (secondary N) is 1. The third-order valence-electron chi connectivity index (χ3n) is 7.97. The van der Waals surface area contributed by atoms with Gasteiger partial charge in [-0.15, -0.1) is 0 Å². The molecule has 0 unspecified atom stereocenters. The Kier molecular flexibility index (Phi) is 8.61. The van der Waals surface area contributed by atoms with Crippen molar-refractivity contribution in [1.29, 1.82) is 0 Å². The number of hydrogen-bond acceptors (Lipinski definition) is 5. The average molecular weight is 596 g/mol. The van der Waals surface area contributed by atoms with Gasteiger partial charge in [0.1, 0.15) is 17.2 Å². The van der Waals surface area contributed by atoms with Crippen molar-refractivity contribution in [2.45, 2.75) is 25.9 Å². The molecule has 0 saturated carbocycles. The Bertz CT molecular complexity index is 1480. The Morgan fingerprint density at radius 1 is 0.791 bits per heavy atom. The lowest BCUT2D eigenvalue weighted by atomic mass is 9.92. The summed E-state index contributed by atoms with van der Waals surface area (Å²) in [4.78, 5) is 41.8. The van der Waals surface area contributed by atoms with Gasteiger partial charge in [-0.2, -0.15) is 13.2 Å². The molecule has 2 saturated heterocycles. The molecule has 43 heavy (non-hydrogen) atoms. The van der Waals surface area contributed by atoms with E-state index in [0.29, 0.717) is 54.5 Å². The second-order valence-corrected chi connectivity index (χ2v) is 10.8. The van der Waals surface area contributed by atoms with E-state index >= 15 is 0 Å². The molecule has 0 spiro atoms. The Hall–Kier alpha value is -4.54. The van der Waals surface area contributed by atoms with E-state index in [9.17, 15) is 27.6 Å². The standard InChI is InChI=1S/C32H32F3N3O5/c1-20(39)36-28-17-22(5-12-29(28)42-2)31(41)38-18-23-13-15-37(16-14-24(23)19-38)30(40)21-3-8-26(9-4-21)43-27-10-6-25(7-11-27)32(33,34)35/h3-12,17,23-24H,13-16,18-19H2,1-2H3,(H,36,39)/t23-,24+. The summed E-state index contributed by atoms with van der Waals surface area (Å²) in [6.07, 6.45) is -2.87. The monoisotopic (exact) mass is 595 g/mol. The van der Waals surface area contributed by atoms with E-state index in [1.54, 1.807) is 42.5 Å². The van der Waals surface area contributed by atoms with E-state index in [-0.39, 0.29) is 35.3 Å². The summed E-state index contributed by atoms with van der Waals surface area (Å²) in [5.41, 5.74) is 0.667. The minimum Gasteiger partial charge on any atom is -0.495 e. The number of ether oxygens (including phenoxy) is 2. The highest BCUT2D eigenvalue weighted by atomic mass is 19.4. The molecule has 3 aromatic rings. The van der Waals surface area contributed by atoms with Crippen LogP contribution in [0.25, 0.3) is 0 Å². The lowest BCUT2D eigenvalue weighted by molar-refractivity contribution is -0.137. The van der Waals surface area contributed by atoms with Crippen molar-refractivity contribution in [3.8, 4) is 17.2 Å². The van der Waals surface area contributed by atoms with Gasteiger partial charge in [0.25, 0.3) is 11.8 Å². The molecule has 11 heteroatoms. The van der Waals surface area contributed by atoms with Crippen molar-refractivity contribution in [2.75, 3.05) is 38.6 Å². The van der Waals surface area contributed by atoms with E-state index < -0.39 is 11.7 Å². The van der Waals surface area contributed by atoms with Crippen LogP contribution in [-0.4, -0.2) is 60.8 Å². The van der Waals surface area contributed by atoms with Crippen LogP contribution in [0.5, 0.6) is 17.2 Å². The van der Waals surface area contributed by atoms with Crippen LogP contribution < -0.4 is 14.8 Å². The number of carbonyl (C=O) groups is 3. The molecule has 2 fully saturated rings. The number of likely N-dealkylation sites (tertiary alicyclic amines) is 2. The zero-order valence-electron chi connectivity index (χ0n) is 23.8. The quantitative estimate of drug-likeness (QED) is 0.373. The molecule has 2 atom stereocenters. The first-order valence-corrected chi connectivity index (χ1v) is 14.0. The van der Waals surface area contributed by atoms with Crippen LogP contribution in [0.3, 0.4) is 0 Å². The summed E-state index contributed by atoms with van der Waals surface area (Å²) < 4.78 is 49.3. The van der Waals surface area contributed by atoms with Gasteiger partial charge in [-0.3, -0.25) is 14.4 Å². The number of alkyl halides is 3. The molecule has 0 radical (unpaired) electrons. The van der Waals surface area contributed by atoms with E-state index in [1.807, 2.05) is 9.80 Å². The summed E-state index contributed by atoms with van der Waals surface area (Å²) >= 11 is 0. The SMILES string of the molecule is COc1ccc(C(=O)N2C[C@H]3CCN(C(=O)c4ccc(Oc5ccc(C(F)(F)F)cc5)cc4)CC[C@H]3C2)cc1NC(C)=O. The normalized spacial score (nSPS) is 18.4. The average Bonchev–Trinajstić information content (AvgIpc) is 3.29. The molecule has 226 valence electrons. The lowest BCUT2D eigenvalue weighted by Gasteiger charge is -2.23. The Labute approximate surface area is 247 Å². The van der Waals surface area contributed by atoms with Crippen LogP contribution in [0.1, 0.15) is 46.0 Å². The van der Waals surface area contributed by atoms with Crippen LogP contribution in [-0.2, 0) is 11.0 Å². The lowest BCUT2D eigenvalue weighted by Crippen LogP contribution is -2.34. The minimum absolute atomic E-state index is 0.0993. The Balaban J connectivity index is 1.16. The first kappa shape index (κ1) is 29.9. The number of fused-ring (bicyclic) bond motifs is 1. The Morgan fingerprint density at radius 3 is 1.86 bits per heavy atom. The number of nitrogens with zero attached hydrogens (tertiary/aromatic N) is 2. The molecule has 0 aliphatic carbocycles. The molecule has 8 nitrogen and oxygen atoms in total. The molecule has 3 aromatic carbocycles. The van der Waals surface area contributed by atoms with Crippen molar-refractivity contribution in [1.82, 2.24) is 9.80 Å². The van der Waals surface area contributed by atoms with Crippen LogP contribution in [0, 0.1) is 11.8 Å². The number of methoxy groups -OCH3 is 1. The van der Waals surface area contributed by atoms with Crippen molar-refractivity contribution < 1.29 is 37.0 Å². The highest BCUT2D eigenvalue weighted by Gasteiger charge is 2.38. The summed E-state index contributed by atoms with van der Waals surface area (Å²) in [6, 6.07) is 16.0. The summed E-state index contributed by atoms with van der Waals surface area (Å²) in [5.74, 6) is 1.24. The maximum atomic E-state index is 13.3. The van der Waals surface area contributed by atoms with Gasteiger partial charge in [-0.1, -0.05) is 0 Å². The fraction of sp³-hybridized carbons (Fsp3) is 0.344. The molecule has 0 bridgehead atoms. The molecule has 2 aliphatic rings. The molecule has 1 N–H and O–H groups in total. The molecule has 2 aliphatic heterocycles. The second kappa shape index (κ2) is 12.4. The van der Waals surface area contributed by atoms with E-state index in [0.717, 1.165) is 25.0 Å². The van der Waals surface area contributed by atoms with Gasteiger partial charge < -0.3 is 24.6 Å². The number of benzene rings is 3. The highest BCUT2D eigenvalue weighted by molar-refractivity contribution is 5.98. The van der Waals surface area contributed by atoms with Gasteiger partial charge in [0.2, 0.25) is 5.91 Å². The van der Waals surface area contributed by atoms with E-state index in [2.05, 4.69) is 5.32 Å². The molecule has 0 aromatic heterocycles. The first-order chi connectivity index (χ1) is 20.5. The van der Waals surface area contributed by atoms with Crippen molar-refractivity contribution in [3.05, 3.63) is 83.4 Å². The molecular weight excluding hydrogens is 563 g/mol. The maximum absolute atomic E-state index is 13.3.